The van der Waals surface area contributed by atoms with E-state index in [0.717, 1.165) is 24.2 Å². The van der Waals surface area contributed by atoms with E-state index in [1.54, 1.807) is 0 Å². The molecule has 0 aliphatic heterocycles. The summed E-state index contributed by atoms with van der Waals surface area (Å²) in [5, 5.41) is 14.1. The van der Waals surface area contributed by atoms with Gasteiger partial charge in [-0.3, -0.25) is 4.79 Å². The zero-order valence-electron chi connectivity index (χ0n) is 11.5. The summed E-state index contributed by atoms with van der Waals surface area (Å²) in [6, 6.07) is 12.0. The van der Waals surface area contributed by atoms with Crippen molar-refractivity contribution in [1.29, 1.82) is 5.26 Å². The maximum Gasteiger partial charge on any atom is 0.227 e. The number of nitriles is 1. The molecule has 1 saturated carbocycles. The predicted molar refractivity (Wildman–Crippen MR) is 79.7 cm³/mol. The van der Waals surface area contributed by atoms with Crippen LogP contribution in [0, 0.1) is 17.4 Å². The van der Waals surface area contributed by atoms with Gasteiger partial charge in [-0.05, 0) is 31.0 Å². The van der Waals surface area contributed by atoms with Crippen molar-refractivity contribution in [2.24, 2.45) is 5.92 Å². The SMILES string of the molecule is N#CN[C@H]1C[C@@H](C(=O)Nc2ccn(-c3ccccc3)c2)C1. The van der Waals surface area contributed by atoms with Gasteiger partial charge in [-0.25, -0.2) is 0 Å². The van der Waals surface area contributed by atoms with E-state index in [9.17, 15) is 4.79 Å². The summed E-state index contributed by atoms with van der Waals surface area (Å²) in [5.41, 5.74) is 1.85. The van der Waals surface area contributed by atoms with E-state index in [0.29, 0.717) is 0 Å². The van der Waals surface area contributed by atoms with Gasteiger partial charge in [0.05, 0.1) is 5.69 Å². The van der Waals surface area contributed by atoms with Crippen molar-refractivity contribution in [2.45, 2.75) is 18.9 Å². The topological polar surface area (TPSA) is 69.8 Å². The number of nitrogens with one attached hydrogen (secondary N) is 2. The van der Waals surface area contributed by atoms with Crippen LogP contribution in [-0.4, -0.2) is 16.5 Å². The van der Waals surface area contributed by atoms with Crippen molar-refractivity contribution in [2.75, 3.05) is 5.32 Å². The highest BCUT2D eigenvalue weighted by molar-refractivity contribution is 5.93. The number of hydrogen-bond donors (Lipinski definition) is 2. The molecule has 0 saturated heterocycles. The number of amides is 1. The second-order valence-corrected chi connectivity index (χ2v) is 5.25. The second-order valence-electron chi connectivity index (χ2n) is 5.25. The van der Waals surface area contributed by atoms with Gasteiger partial charge in [-0.2, -0.15) is 5.26 Å². The van der Waals surface area contributed by atoms with E-state index >= 15 is 0 Å². The van der Waals surface area contributed by atoms with E-state index in [2.05, 4.69) is 10.6 Å². The molecule has 0 unspecified atom stereocenters. The largest absolute Gasteiger partial charge is 0.324 e. The lowest BCUT2D eigenvalue weighted by molar-refractivity contribution is -0.122. The molecule has 21 heavy (non-hydrogen) atoms. The summed E-state index contributed by atoms with van der Waals surface area (Å²) in [5.74, 6) is 0.0210. The molecule has 0 spiro atoms. The summed E-state index contributed by atoms with van der Waals surface area (Å²) in [6.07, 6.45) is 7.18. The van der Waals surface area contributed by atoms with Crippen LogP contribution in [0.2, 0.25) is 0 Å². The highest BCUT2D eigenvalue weighted by atomic mass is 16.1. The highest BCUT2D eigenvalue weighted by Gasteiger charge is 2.34. The van der Waals surface area contributed by atoms with E-state index in [1.165, 1.54) is 0 Å². The Morgan fingerprint density at radius 2 is 2.00 bits per heavy atom. The van der Waals surface area contributed by atoms with Gasteiger partial charge >= 0.3 is 0 Å². The van der Waals surface area contributed by atoms with Gasteiger partial charge in [0.25, 0.3) is 0 Å². The fourth-order valence-corrected chi connectivity index (χ4v) is 2.52. The van der Waals surface area contributed by atoms with Gasteiger partial charge in [0.15, 0.2) is 6.19 Å². The number of rotatable bonds is 4. The minimum atomic E-state index is -0.00377. The second kappa shape index (κ2) is 5.71. The van der Waals surface area contributed by atoms with Gasteiger partial charge < -0.3 is 15.2 Å². The van der Waals surface area contributed by atoms with Crippen molar-refractivity contribution in [3.8, 4) is 11.9 Å². The average molecular weight is 280 g/mol. The van der Waals surface area contributed by atoms with Crippen LogP contribution in [0.25, 0.3) is 5.69 Å². The Labute approximate surface area is 123 Å². The van der Waals surface area contributed by atoms with Crippen LogP contribution in [-0.2, 0) is 4.79 Å². The van der Waals surface area contributed by atoms with Crippen LogP contribution in [0.5, 0.6) is 0 Å². The number of anilines is 1. The molecular weight excluding hydrogens is 264 g/mol. The van der Waals surface area contributed by atoms with Gasteiger partial charge in [0.1, 0.15) is 0 Å². The number of hydrogen-bond acceptors (Lipinski definition) is 3. The molecule has 0 radical (unpaired) electrons. The van der Waals surface area contributed by atoms with Gasteiger partial charge in [0, 0.05) is 30.0 Å². The van der Waals surface area contributed by atoms with Crippen LogP contribution in [0.1, 0.15) is 12.8 Å². The van der Waals surface area contributed by atoms with E-state index in [4.69, 9.17) is 5.26 Å². The molecule has 1 aliphatic rings. The molecule has 1 aromatic heterocycles. The van der Waals surface area contributed by atoms with Crippen molar-refractivity contribution in [3.05, 3.63) is 48.8 Å². The molecule has 1 fully saturated rings. The Morgan fingerprint density at radius 1 is 1.24 bits per heavy atom. The quantitative estimate of drug-likeness (QED) is 0.666. The third-order valence-electron chi connectivity index (χ3n) is 3.79. The van der Waals surface area contributed by atoms with E-state index < -0.39 is 0 Å². The Morgan fingerprint density at radius 3 is 2.71 bits per heavy atom. The fraction of sp³-hybridized carbons (Fsp3) is 0.250. The number of aromatic nitrogens is 1. The maximum atomic E-state index is 12.1. The number of nitrogens with zero attached hydrogens (tertiary/aromatic N) is 2. The molecule has 1 amide bonds. The molecule has 2 aromatic rings. The van der Waals surface area contributed by atoms with Crippen LogP contribution >= 0.6 is 0 Å². The molecule has 106 valence electrons. The smallest absolute Gasteiger partial charge is 0.227 e. The van der Waals surface area contributed by atoms with Gasteiger partial charge in [-0.1, -0.05) is 18.2 Å². The zero-order chi connectivity index (χ0) is 14.7. The van der Waals surface area contributed by atoms with Crippen LogP contribution in [0.15, 0.2) is 48.8 Å². The molecule has 5 heteroatoms. The standard InChI is InChI=1S/C16H16N4O/c17-11-18-14-8-12(9-14)16(21)19-13-6-7-20(10-13)15-4-2-1-3-5-15/h1-7,10,12,14,18H,8-9H2,(H,19,21)/t12-,14+. The molecule has 2 N–H and O–H groups in total. The first-order valence-corrected chi connectivity index (χ1v) is 6.95. The van der Waals surface area contributed by atoms with Crippen LogP contribution in [0.4, 0.5) is 5.69 Å². The third-order valence-corrected chi connectivity index (χ3v) is 3.79. The Bertz CT molecular complexity index is 665. The Balaban J connectivity index is 1.58. The lowest BCUT2D eigenvalue weighted by atomic mass is 9.80. The van der Waals surface area contributed by atoms with Crippen molar-refractivity contribution >= 4 is 11.6 Å². The monoisotopic (exact) mass is 280 g/mol. The van der Waals surface area contributed by atoms with Crippen molar-refractivity contribution in [3.63, 3.8) is 0 Å². The Hall–Kier alpha value is -2.74. The molecule has 3 rings (SSSR count). The molecule has 0 bridgehead atoms. The van der Waals surface area contributed by atoms with Crippen LogP contribution < -0.4 is 10.6 Å². The molecule has 5 nitrogen and oxygen atoms in total. The zero-order valence-corrected chi connectivity index (χ0v) is 11.5. The maximum absolute atomic E-state index is 12.1. The normalized spacial score (nSPS) is 20.1. The number of carbonyl (C=O) groups is 1. The lowest BCUT2D eigenvalue weighted by Crippen LogP contribution is -2.44. The third kappa shape index (κ3) is 2.90. The van der Waals surface area contributed by atoms with Crippen molar-refractivity contribution in [1.82, 2.24) is 9.88 Å². The number of carbonyl (C=O) groups excluding carboxylic acids is 1. The summed E-state index contributed by atoms with van der Waals surface area (Å²) in [6.45, 7) is 0. The molecule has 1 aromatic carbocycles. The molecule has 1 heterocycles. The first-order valence-electron chi connectivity index (χ1n) is 6.95. The van der Waals surface area contributed by atoms with Crippen molar-refractivity contribution < 1.29 is 4.79 Å². The highest BCUT2D eigenvalue weighted by Crippen LogP contribution is 2.28. The van der Waals surface area contributed by atoms with Gasteiger partial charge in [0.2, 0.25) is 5.91 Å². The first kappa shape index (κ1) is 13.3. The lowest BCUT2D eigenvalue weighted by Gasteiger charge is -2.32. The summed E-state index contributed by atoms with van der Waals surface area (Å²) in [7, 11) is 0. The molecule has 0 atom stereocenters. The van der Waals surface area contributed by atoms with Crippen LogP contribution in [0.3, 0.4) is 0 Å². The van der Waals surface area contributed by atoms with Gasteiger partial charge in [-0.15, -0.1) is 0 Å². The average Bonchev–Trinajstić information content (AvgIpc) is 2.91. The summed E-state index contributed by atoms with van der Waals surface area (Å²) >= 11 is 0. The summed E-state index contributed by atoms with van der Waals surface area (Å²) < 4.78 is 1.97. The summed E-state index contributed by atoms with van der Waals surface area (Å²) in [4.78, 5) is 12.1. The Kier molecular flexibility index (Phi) is 3.61. The number of para-hydroxylation sites is 1. The fourth-order valence-electron chi connectivity index (χ4n) is 2.52. The van der Waals surface area contributed by atoms with E-state index in [-0.39, 0.29) is 17.9 Å². The number of benzene rings is 1. The molecular formula is C16H16N4O. The van der Waals surface area contributed by atoms with E-state index in [1.807, 2.05) is 59.6 Å². The predicted octanol–water partition coefficient (Wildman–Crippen LogP) is 2.27. The minimum Gasteiger partial charge on any atom is -0.324 e. The molecule has 1 aliphatic carbocycles. The minimum absolute atomic E-state index is 0.00377. The first-order chi connectivity index (χ1) is 10.3.